The lowest BCUT2D eigenvalue weighted by atomic mass is 9.55. The molecule has 1 aliphatic carbocycles. The van der Waals surface area contributed by atoms with Crippen LogP contribution in [0.25, 0.3) is 0 Å². The number of ether oxygens (including phenoxy) is 1. The number of hydrogen-bond acceptors (Lipinski definition) is 1. The number of methoxy groups -OCH3 is 1. The maximum atomic E-state index is 5.78. The van der Waals surface area contributed by atoms with Crippen molar-refractivity contribution in [1.82, 2.24) is 0 Å². The van der Waals surface area contributed by atoms with Crippen molar-refractivity contribution in [2.75, 3.05) is 7.11 Å². The minimum absolute atomic E-state index is 0.286. The summed E-state index contributed by atoms with van der Waals surface area (Å²) >= 11 is 0. The van der Waals surface area contributed by atoms with Gasteiger partial charge in [0.1, 0.15) is 0 Å². The van der Waals surface area contributed by atoms with E-state index in [2.05, 4.69) is 48.5 Å². The summed E-state index contributed by atoms with van der Waals surface area (Å²) in [5, 5.41) is 0. The lowest BCUT2D eigenvalue weighted by molar-refractivity contribution is -0.131. The molecule has 0 unspecified atom stereocenters. The highest BCUT2D eigenvalue weighted by Gasteiger charge is 2.49. The van der Waals surface area contributed by atoms with Gasteiger partial charge in [0, 0.05) is 7.11 Å². The lowest BCUT2D eigenvalue weighted by Crippen LogP contribution is -2.51. The molecule has 0 aliphatic heterocycles. The molecular formula is C15H30O. The third-order valence-electron chi connectivity index (χ3n) is 4.42. The highest BCUT2D eigenvalue weighted by Crippen LogP contribution is 2.54. The zero-order valence-corrected chi connectivity index (χ0v) is 12.5. The summed E-state index contributed by atoms with van der Waals surface area (Å²) in [4.78, 5) is 0. The van der Waals surface area contributed by atoms with Crippen molar-refractivity contribution >= 4 is 0 Å². The number of hydrogen-bond donors (Lipinski definition) is 0. The highest BCUT2D eigenvalue weighted by atomic mass is 16.5. The van der Waals surface area contributed by atoms with Gasteiger partial charge in [-0.3, -0.25) is 0 Å². The molecule has 0 heterocycles. The second-order valence-corrected chi connectivity index (χ2v) is 8.06. The normalized spacial score (nSPS) is 33.8. The van der Waals surface area contributed by atoms with E-state index in [4.69, 9.17) is 4.74 Å². The van der Waals surface area contributed by atoms with Gasteiger partial charge in [-0.15, -0.1) is 0 Å². The summed E-state index contributed by atoms with van der Waals surface area (Å²) in [6.45, 7) is 16.6. The second kappa shape index (κ2) is 4.01. The fourth-order valence-corrected chi connectivity index (χ4v) is 3.86. The van der Waals surface area contributed by atoms with Crippen molar-refractivity contribution in [1.29, 1.82) is 0 Å². The molecule has 0 radical (unpaired) electrons. The summed E-state index contributed by atoms with van der Waals surface area (Å²) in [6.07, 6.45) is 2.93. The molecule has 1 nitrogen and oxygen atoms in total. The van der Waals surface area contributed by atoms with Gasteiger partial charge in [-0.1, -0.05) is 48.5 Å². The van der Waals surface area contributed by atoms with Gasteiger partial charge in [0.15, 0.2) is 0 Å². The molecule has 1 heteroatoms. The molecule has 16 heavy (non-hydrogen) atoms. The van der Waals surface area contributed by atoms with Gasteiger partial charge in [-0.25, -0.2) is 0 Å². The van der Waals surface area contributed by atoms with Crippen molar-refractivity contribution < 1.29 is 4.74 Å². The van der Waals surface area contributed by atoms with Crippen molar-refractivity contribution in [3.05, 3.63) is 0 Å². The van der Waals surface area contributed by atoms with Crippen LogP contribution in [0.1, 0.15) is 61.3 Å². The molecule has 0 bridgehead atoms. The van der Waals surface area contributed by atoms with E-state index in [1.165, 1.54) is 12.8 Å². The zero-order valence-electron chi connectivity index (χ0n) is 12.5. The smallest absolute Gasteiger partial charge is 0.0673 e. The summed E-state index contributed by atoms with van der Waals surface area (Å²) in [5.41, 5.74) is 0.982. The first-order valence-electron chi connectivity index (χ1n) is 6.53. The maximum Gasteiger partial charge on any atom is 0.0673 e. The van der Waals surface area contributed by atoms with Crippen LogP contribution in [-0.4, -0.2) is 13.2 Å². The average Bonchev–Trinajstić information content (AvgIpc) is 1.97. The Kier molecular flexibility index (Phi) is 3.52. The summed E-state index contributed by atoms with van der Waals surface area (Å²) < 4.78 is 5.78. The van der Waals surface area contributed by atoms with Crippen molar-refractivity contribution in [3.63, 3.8) is 0 Å². The third kappa shape index (κ3) is 2.61. The van der Waals surface area contributed by atoms with Crippen molar-refractivity contribution in [2.24, 2.45) is 22.2 Å². The van der Waals surface area contributed by atoms with Crippen LogP contribution in [-0.2, 0) is 4.74 Å². The summed E-state index contributed by atoms with van der Waals surface area (Å²) in [6, 6.07) is 0. The van der Waals surface area contributed by atoms with E-state index >= 15 is 0 Å². The van der Waals surface area contributed by atoms with Crippen molar-refractivity contribution in [2.45, 2.75) is 67.4 Å². The molecule has 0 N–H and O–H groups in total. The topological polar surface area (TPSA) is 9.23 Å². The molecule has 1 saturated carbocycles. The van der Waals surface area contributed by atoms with E-state index in [1.54, 1.807) is 0 Å². The lowest BCUT2D eigenvalue weighted by Gasteiger charge is -2.54. The maximum absolute atomic E-state index is 5.78. The highest BCUT2D eigenvalue weighted by molar-refractivity contribution is 4.99. The van der Waals surface area contributed by atoms with E-state index in [0.29, 0.717) is 11.5 Å². The molecule has 1 rings (SSSR count). The van der Waals surface area contributed by atoms with E-state index in [0.717, 1.165) is 5.92 Å². The molecule has 0 atom stereocenters. The predicted octanol–water partition coefficient (Wildman–Crippen LogP) is 4.51. The molecule has 96 valence electrons. The van der Waals surface area contributed by atoms with Gasteiger partial charge in [-0.05, 0) is 35.0 Å². The van der Waals surface area contributed by atoms with Crippen LogP contribution in [0.15, 0.2) is 0 Å². The van der Waals surface area contributed by atoms with Gasteiger partial charge < -0.3 is 4.74 Å². The third-order valence-corrected chi connectivity index (χ3v) is 4.42. The summed E-state index contributed by atoms with van der Waals surface area (Å²) in [5.74, 6) is 0.795. The van der Waals surface area contributed by atoms with E-state index < -0.39 is 0 Å². The number of rotatable bonds is 1. The molecular weight excluding hydrogens is 196 g/mol. The van der Waals surface area contributed by atoms with Crippen LogP contribution >= 0.6 is 0 Å². The standard InChI is InChI=1S/C15H30O/c1-13(2,3)11-9-14(4,5)12(16-8)15(6,7)10-11/h11-12H,9-10H2,1-8H3. The minimum Gasteiger partial charge on any atom is -0.380 e. The molecule has 0 aromatic carbocycles. The van der Waals surface area contributed by atoms with Crippen LogP contribution in [0.4, 0.5) is 0 Å². The molecule has 0 aromatic heterocycles. The predicted molar refractivity (Wildman–Crippen MR) is 70.5 cm³/mol. The van der Waals surface area contributed by atoms with Gasteiger partial charge in [0.25, 0.3) is 0 Å². The molecule has 1 fully saturated rings. The molecule has 0 aromatic rings. The Balaban J connectivity index is 2.98. The quantitative estimate of drug-likeness (QED) is 0.639. The van der Waals surface area contributed by atoms with Gasteiger partial charge in [0.05, 0.1) is 6.10 Å². The molecule has 0 amide bonds. The Labute approximate surface area is 102 Å². The van der Waals surface area contributed by atoms with Gasteiger partial charge >= 0.3 is 0 Å². The minimum atomic E-state index is 0.286. The van der Waals surface area contributed by atoms with Crippen molar-refractivity contribution in [3.8, 4) is 0 Å². The fourth-order valence-electron chi connectivity index (χ4n) is 3.86. The van der Waals surface area contributed by atoms with Crippen LogP contribution in [0.2, 0.25) is 0 Å². The van der Waals surface area contributed by atoms with Crippen LogP contribution in [0, 0.1) is 22.2 Å². The summed E-state index contributed by atoms with van der Waals surface area (Å²) in [7, 11) is 1.87. The monoisotopic (exact) mass is 226 g/mol. The largest absolute Gasteiger partial charge is 0.380 e. The van der Waals surface area contributed by atoms with Crippen LogP contribution in [0.3, 0.4) is 0 Å². The Morgan fingerprint density at radius 1 is 0.938 bits per heavy atom. The molecule has 1 aliphatic rings. The second-order valence-electron chi connectivity index (χ2n) is 8.06. The van der Waals surface area contributed by atoms with E-state index in [9.17, 15) is 0 Å². The zero-order chi connectivity index (χ0) is 12.8. The Bertz CT molecular complexity index is 227. The first-order chi connectivity index (χ1) is 7.00. The Hall–Kier alpha value is -0.0400. The SMILES string of the molecule is COC1C(C)(C)CC(C(C)(C)C)CC1(C)C. The molecule has 0 saturated heterocycles. The van der Waals surface area contributed by atoms with Gasteiger partial charge in [-0.2, -0.15) is 0 Å². The van der Waals surface area contributed by atoms with E-state index in [1.807, 2.05) is 7.11 Å². The van der Waals surface area contributed by atoms with Crippen LogP contribution < -0.4 is 0 Å². The van der Waals surface area contributed by atoms with Crippen LogP contribution in [0.5, 0.6) is 0 Å². The van der Waals surface area contributed by atoms with Gasteiger partial charge in [0.2, 0.25) is 0 Å². The first-order valence-corrected chi connectivity index (χ1v) is 6.53. The van der Waals surface area contributed by atoms with E-state index in [-0.39, 0.29) is 10.8 Å². The first kappa shape index (κ1) is 14.0. The Morgan fingerprint density at radius 2 is 1.31 bits per heavy atom. The fraction of sp³-hybridized carbons (Fsp3) is 1.00. The Morgan fingerprint density at radius 3 is 1.56 bits per heavy atom. The molecule has 0 spiro atoms. The average molecular weight is 226 g/mol.